The molecule has 1 unspecified atom stereocenters. The van der Waals surface area contributed by atoms with Crippen molar-refractivity contribution >= 4 is 27.5 Å². The van der Waals surface area contributed by atoms with Gasteiger partial charge in [-0.05, 0) is 22.0 Å². The number of aliphatic hydroxyl groups is 1. The topological polar surface area (TPSA) is 62.7 Å². The Morgan fingerprint density at radius 2 is 2.41 bits per heavy atom. The lowest BCUT2D eigenvalue weighted by Gasteiger charge is -2.17. The fourth-order valence-corrected chi connectivity index (χ4v) is 2.38. The van der Waals surface area contributed by atoms with Crippen molar-refractivity contribution < 1.29 is 14.6 Å². The van der Waals surface area contributed by atoms with Gasteiger partial charge in [-0.15, -0.1) is 0 Å². The van der Waals surface area contributed by atoms with Gasteiger partial charge in [0.25, 0.3) is 0 Å². The average molecular weight is 301 g/mol. The van der Waals surface area contributed by atoms with Crippen LogP contribution in [-0.4, -0.2) is 36.3 Å². The van der Waals surface area contributed by atoms with Crippen LogP contribution in [0.4, 0.5) is 5.69 Å². The molecule has 92 valence electrons. The first kappa shape index (κ1) is 12.3. The molecule has 0 radical (unpaired) electrons. The van der Waals surface area contributed by atoms with Gasteiger partial charge >= 0.3 is 0 Å². The number of amides is 1. The summed E-state index contributed by atoms with van der Waals surface area (Å²) in [5, 5.41) is 9.07. The van der Waals surface area contributed by atoms with E-state index in [1.54, 1.807) is 17.0 Å². The molecule has 0 spiro atoms. The van der Waals surface area contributed by atoms with Gasteiger partial charge in [0.05, 0.1) is 12.8 Å². The molecule has 2 heterocycles. The summed E-state index contributed by atoms with van der Waals surface area (Å²) in [6.45, 7) is 0.561. The molecule has 1 aromatic heterocycles. The zero-order valence-corrected chi connectivity index (χ0v) is 11.0. The molecular weight excluding hydrogens is 288 g/mol. The summed E-state index contributed by atoms with van der Waals surface area (Å²) in [5.74, 6) is 0.513. The third kappa shape index (κ3) is 2.42. The monoisotopic (exact) mass is 300 g/mol. The van der Waals surface area contributed by atoms with Crippen molar-refractivity contribution in [1.29, 1.82) is 0 Å². The third-order valence-electron chi connectivity index (χ3n) is 2.77. The number of halogens is 1. The number of carbonyl (C=O) groups is 1. The summed E-state index contributed by atoms with van der Waals surface area (Å²) < 4.78 is 5.57. The minimum absolute atomic E-state index is 0.0106. The Kier molecular flexibility index (Phi) is 3.63. The fraction of sp³-hybridized carbons (Fsp3) is 0.455. The second-order valence-corrected chi connectivity index (χ2v) is 4.67. The summed E-state index contributed by atoms with van der Waals surface area (Å²) in [6, 6.07) is 3.49. The van der Waals surface area contributed by atoms with Gasteiger partial charge < -0.3 is 14.7 Å². The van der Waals surface area contributed by atoms with Crippen LogP contribution in [-0.2, 0) is 4.79 Å². The summed E-state index contributed by atoms with van der Waals surface area (Å²) in [6.07, 6.45) is 0.384. The van der Waals surface area contributed by atoms with E-state index in [0.717, 1.165) is 0 Å². The standard InChI is InChI=1S/C11H13BrN2O3/c1-17-9-3-2-8(11(12)13-9)14-5-7(6-15)4-10(14)16/h2-3,7,15H,4-6H2,1H3. The summed E-state index contributed by atoms with van der Waals surface area (Å²) in [7, 11) is 1.54. The van der Waals surface area contributed by atoms with Crippen molar-refractivity contribution in [3.63, 3.8) is 0 Å². The third-order valence-corrected chi connectivity index (χ3v) is 3.35. The number of hydrogen-bond acceptors (Lipinski definition) is 4. The van der Waals surface area contributed by atoms with Crippen LogP contribution < -0.4 is 9.64 Å². The molecule has 2 rings (SSSR count). The highest BCUT2D eigenvalue weighted by Crippen LogP contribution is 2.31. The smallest absolute Gasteiger partial charge is 0.227 e. The SMILES string of the molecule is COc1ccc(N2CC(CO)CC2=O)c(Br)n1. The molecule has 5 nitrogen and oxygen atoms in total. The molecule has 1 aliphatic rings. The van der Waals surface area contributed by atoms with E-state index in [1.165, 1.54) is 7.11 Å². The molecule has 1 aromatic rings. The Labute approximate surface area is 108 Å². The second-order valence-electron chi connectivity index (χ2n) is 3.92. The van der Waals surface area contributed by atoms with E-state index in [0.29, 0.717) is 29.1 Å². The van der Waals surface area contributed by atoms with E-state index >= 15 is 0 Å². The zero-order chi connectivity index (χ0) is 12.4. The molecule has 0 saturated carbocycles. The lowest BCUT2D eigenvalue weighted by atomic mass is 10.1. The maximum absolute atomic E-state index is 11.8. The molecule has 17 heavy (non-hydrogen) atoms. The van der Waals surface area contributed by atoms with Crippen LogP contribution in [0.15, 0.2) is 16.7 Å². The minimum Gasteiger partial charge on any atom is -0.481 e. The number of carbonyl (C=O) groups excluding carboxylic acids is 1. The second kappa shape index (κ2) is 5.01. The first-order valence-corrected chi connectivity index (χ1v) is 6.06. The number of rotatable bonds is 3. The normalized spacial score (nSPS) is 19.8. The van der Waals surface area contributed by atoms with E-state index in [1.807, 2.05) is 0 Å². The molecule has 0 aliphatic carbocycles. The Hall–Kier alpha value is -1.14. The Morgan fingerprint density at radius 1 is 1.65 bits per heavy atom. The lowest BCUT2D eigenvalue weighted by Crippen LogP contribution is -2.25. The summed E-state index contributed by atoms with van der Waals surface area (Å²) in [4.78, 5) is 17.6. The molecule has 1 atom stereocenters. The Bertz CT molecular complexity index is 439. The highest BCUT2D eigenvalue weighted by atomic mass is 79.9. The number of aliphatic hydroxyl groups excluding tert-OH is 1. The van der Waals surface area contributed by atoms with Crippen LogP contribution in [0.25, 0.3) is 0 Å². The Morgan fingerprint density at radius 3 is 2.94 bits per heavy atom. The van der Waals surface area contributed by atoms with Crippen molar-refractivity contribution in [2.45, 2.75) is 6.42 Å². The lowest BCUT2D eigenvalue weighted by molar-refractivity contribution is -0.117. The summed E-state index contributed by atoms with van der Waals surface area (Å²) >= 11 is 3.32. The van der Waals surface area contributed by atoms with Crippen LogP contribution in [0.2, 0.25) is 0 Å². The van der Waals surface area contributed by atoms with Gasteiger partial charge in [0.15, 0.2) is 0 Å². The van der Waals surface area contributed by atoms with Crippen LogP contribution in [0.1, 0.15) is 6.42 Å². The van der Waals surface area contributed by atoms with E-state index in [4.69, 9.17) is 9.84 Å². The highest BCUT2D eigenvalue weighted by molar-refractivity contribution is 9.10. The molecule has 1 fully saturated rings. The van der Waals surface area contributed by atoms with Crippen LogP contribution >= 0.6 is 15.9 Å². The van der Waals surface area contributed by atoms with Gasteiger partial charge in [0.1, 0.15) is 4.60 Å². The molecular formula is C11H13BrN2O3. The molecule has 1 aliphatic heterocycles. The summed E-state index contributed by atoms with van der Waals surface area (Å²) in [5.41, 5.74) is 0.715. The van der Waals surface area contributed by atoms with E-state index in [9.17, 15) is 4.79 Å². The van der Waals surface area contributed by atoms with Crippen molar-refractivity contribution in [3.05, 3.63) is 16.7 Å². The quantitative estimate of drug-likeness (QED) is 0.852. The first-order chi connectivity index (χ1) is 8.15. The van der Waals surface area contributed by atoms with Gasteiger partial charge in [-0.3, -0.25) is 4.79 Å². The minimum atomic E-state index is 0.0106. The van der Waals surface area contributed by atoms with E-state index in [2.05, 4.69) is 20.9 Å². The number of ether oxygens (including phenoxy) is 1. The first-order valence-electron chi connectivity index (χ1n) is 5.27. The maximum atomic E-state index is 11.8. The van der Waals surface area contributed by atoms with Crippen LogP contribution in [0, 0.1) is 5.92 Å². The number of anilines is 1. The number of nitrogens with zero attached hydrogens (tertiary/aromatic N) is 2. The maximum Gasteiger partial charge on any atom is 0.227 e. The number of pyridine rings is 1. The molecule has 1 saturated heterocycles. The van der Waals surface area contributed by atoms with Crippen molar-refractivity contribution in [1.82, 2.24) is 4.98 Å². The Balaban J connectivity index is 2.26. The van der Waals surface area contributed by atoms with Gasteiger partial charge in [-0.2, -0.15) is 0 Å². The van der Waals surface area contributed by atoms with Crippen LogP contribution in [0.5, 0.6) is 5.88 Å². The van der Waals surface area contributed by atoms with Gasteiger partial charge in [-0.1, -0.05) is 0 Å². The van der Waals surface area contributed by atoms with Crippen LogP contribution in [0.3, 0.4) is 0 Å². The highest BCUT2D eigenvalue weighted by Gasteiger charge is 2.31. The van der Waals surface area contributed by atoms with Crippen molar-refractivity contribution in [2.24, 2.45) is 5.92 Å². The van der Waals surface area contributed by atoms with Gasteiger partial charge in [0, 0.05) is 31.6 Å². The van der Waals surface area contributed by atoms with Crippen molar-refractivity contribution in [2.75, 3.05) is 25.2 Å². The predicted octanol–water partition coefficient (Wildman–Crippen LogP) is 1.20. The molecule has 1 amide bonds. The van der Waals surface area contributed by atoms with Gasteiger partial charge in [0.2, 0.25) is 11.8 Å². The fourth-order valence-electron chi connectivity index (χ4n) is 1.86. The molecule has 1 N–H and O–H groups in total. The molecule has 0 aromatic carbocycles. The number of methoxy groups -OCH3 is 1. The van der Waals surface area contributed by atoms with Gasteiger partial charge in [-0.25, -0.2) is 4.98 Å². The average Bonchev–Trinajstić information content (AvgIpc) is 2.70. The van der Waals surface area contributed by atoms with E-state index in [-0.39, 0.29) is 18.4 Å². The number of aromatic nitrogens is 1. The molecule has 0 bridgehead atoms. The predicted molar refractivity (Wildman–Crippen MR) is 66.0 cm³/mol. The van der Waals surface area contributed by atoms with E-state index < -0.39 is 0 Å². The molecule has 6 heteroatoms. The zero-order valence-electron chi connectivity index (χ0n) is 9.39. The van der Waals surface area contributed by atoms with Crippen molar-refractivity contribution in [3.8, 4) is 5.88 Å². The largest absolute Gasteiger partial charge is 0.481 e. The number of hydrogen-bond donors (Lipinski definition) is 1.